The van der Waals surface area contributed by atoms with Crippen molar-refractivity contribution in [1.29, 1.82) is 0 Å². The fourth-order valence-electron chi connectivity index (χ4n) is 1.05. The highest BCUT2D eigenvalue weighted by atomic mass is 16.5. The highest BCUT2D eigenvalue weighted by Crippen LogP contribution is 2.01. The Bertz CT molecular complexity index is 372. The normalized spacial score (nSPS) is 9.80. The van der Waals surface area contributed by atoms with E-state index >= 15 is 0 Å². The van der Waals surface area contributed by atoms with Crippen LogP contribution in [0.25, 0.3) is 0 Å². The first-order valence-electron chi connectivity index (χ1n) is 4.39. The number of nitrogens with zero attached hydrogens (tertiary/aromatic N) is 2. The summed E-state index contributed by atoms with van der Waals surface area (Å²) >= 11 is 0. The number of aromatic amines is 1. The Morgan fingerprint density at radius 3 is 2.73 bits per heavy atom. The highest BCUT2D eigenvalue weighted by molar-refractivity contribution is 5.94. The summed E-state index contributed by atoms with van der Waals surface area (Å²) in [6.07, 6.45) is 0. The van der Waals surface area contributed by atoms with Crippen LogP contribution in [0.15, 0.2) is 6.07 Å². The lowest BCUT2D eigenvalue weighted by atomic mass is 10.3. The fourth-order valence-corrected chi connectivity index (χ4v) is 1.05. The Hall–Kier alpha value is -1.85. The number of hydrogen-bond acceptors (Lipinski definition) is 4. The van der Waals surface area contributed by atoms with E-state index in [9.17, 15) is 9.59 Å². The third kappa shape index (κ3) is 2.80. The zero-order valence-corrected chi connectivity index (χ0v) is 8.90. The third-order valence-corrected chi connectivity index (χ3v) is 1.87. The van der Waals surface area contributed by atoms with Gasteiger partial charge in [-0.2, -0.15) is 5.10 Å². The van der Waals surface area contributed by atoms with Crippen LogP contribution in [-0.2, 0) is 9.53 Å². The second-order valence-corrected chi connectivity index (χ2v) is 3.17. The van der Waals surface area contributed by atoms with Gasteiger partial charge in [0, 0.05) is 12.7 Å². The number of likely N-dealkylation sites (N-methyl/N-ethyl adjacent to an activating group) is 1. The molecule has 0 fully saturated rings. The van der Waals surface area contributed by atoms with E-state index in [1.807, 2.05) is 0 Å². The van der Waals surface area contributed by atoms with Gasteiger partial charge in [-0.15, -0.1) is 0 Å². The fraction of sp³-hybridized carbons (Fsp3) is 0.444. The molecule has 0 aliphatic heterocycles. The Labute approximate surface area is 87.2 Å². The van der Waals surface area contributed by atoms with Crippen LogP contribution in [0, 0.1) is 6.92 Å². The molecule has 1 amide bonds. The highest BCUT2D eigenvalue weighted by Gasteiger charge is 2.17. The molecule has 0 aliphatic carbocycles. The van der Waals surface area contributed by atoms with Crippen LogP contribution in [0.4, 0.5) is 0 Å². The van der Waals surface area contributed by atoms with Crippen molar-refractivity contribution in [3.8, 4) is 0 Å². The lowest BCUT2D eigenvalue weighted by Crippen LogP contribution is -2.32. The monoisotopic (exact) mass is 211 g/mol. The van der Waals surface area contributed by atoms with E-state index in [-0.39, 0.29) is 12.5 Å². The van der Waals surface area contributed by atoms with Gasteiger partial charge < -0.3 is 9.64 Å². The maximum atomic E-state index is 11.6. The van der Waals surface area contributed by atoms with Crippen molar-refractivity contribution >= 4 is 11.9 Å². The number of methoxy groups -OCH3 is 1. The SMILES string of the molecule is COC(=O)CN(C)C(=O)c1cc(C)[nH]n1. The summed E-state index contributed by atoms with van der Waals surface area (Å²) < 4.78 is 4.45. The standard InChI is InChI=1S/C9H13N3O3/c1-6-4-7(11-10-6)9(14)12(2)5-8(13)15-3/h4H,5H2,1-3H3,(H,10,11). The second-order valence-electron chi connectivity index (χ2n) is 3.17. The minimum absolute atomic E-state index is 0.0821. The van der Waals surface area contributed by atoms with Crippen molar-refractivity contribution in [3.05, 3.63) is 17.5 Å². The number of nitrogens with one attached hydrogen (secondary N) is 1. The van der Waals surface area contributed by atoms with Crippen LogP contribution in [0.3, 0.4) is 0 Å². The summed E-state index contributed by atoms with van der Waals surface area (Å²) in [5, 5.41) is 6.46. The number of H-pyrrole nitrogens is 1. The van der Waals surface area contributed by atoms with Crippen molar-refractivity contribution in [3.63, 3.8) is 0 Å². The molecular weight excluding hydrogens is 198 g/mol. The Morgan fingerprint density at radius 1 is 1.60 bits per heavy atom. The zero-order chi connectivity index (χ0) is 11.4. The lowest BCUT2D eigenvalue weighted by Gasteiger charge is -2.13. The summed E-state index contributed by atoms with van der Waals surface area (Å²) in [5.74, 6) is -0.775. The van der Waals surface area contributed by atoms with Crippen LogP contribution < -0.4 is 0 Å². The van der Waals surface area contributed by atoms with Gasteiger partial charge in [0.2, 0.25) is 0 Å². The van der Waals surface area contributed by atoms with Crippen molar-refractivity contribution in [2.24, 2.45) is 0 Å². The molecule has 0 spiro atoms. The first-order valence-corrected chi connectivity index (χ1v) is 4.39. The number of rotatable bonds is 3. The lowest BCUT2D eigenvalue weighted by molar-refractivity contribution is -0.141. The molecule has 6 nitrogen and oxygen atoms in total. The van der Waals surface area contributed by atoms with Crippen molar-refractivity contribution < 1.29 is 14.3 Å². The topological polar surface area (TPSA) is 75.3 Å². The van der Waals surface area contributed by atoms with E-state index in [0.29, 0.717) is 5.69 Å². The van der Waals surface area contributed by atoms with Crippen LogP contribution in [0.2, 0.25) is 0 Å². The smallest absolute Gasteiger partial charge is 0.325 e. The largest absolute Gasteiger partial charge is 0.468 e. The summed E-state index contributed by atoms with van der Waals surface area (Å²) in [4.78, 5) is 23.8. The zero-order valence-electron chi connectivity index (χ0n) is 8.90. The average molecular weight is 211 g/mol. The molecule has 6 heteroatoms. The third-order valence-electron chi connectivity index (χ3n) is 1.87. The molecule has 0 aromatic carbocycles. The first-order chi connectivity index (χ1) is 7.04. The van der Waals surface area contributed by atoms with Gasteiger partial charge in [-0.05, 0) is 13.0 Å². The van der Waals surface area contributed by atoms with Crippen LogP contribution >= 0.6 is 0 Å². The van der Waals surface area contributed by atoms with E-state index in [1.54, 1.807) is 13.0 Å². The molecule has 0 radical (unpaired) electrons. The molecule has 82 valence electrons. The molecule has 0 bridgehead atoms. The molecule has 1 aromatic heterocycles. The van der Waals surface area contributed by atoms with Gasteiger partial charge in [-0.1, -0.05) is 0 Å². The van der Waals surface area contributed by atoms with Crippen LogP contribution in [-0.4, -0.2) is 47.7 Å². The number of carbonyl (C=O) groups is 2. The molecule has 0 saturated heterocycles. The number of ether oxygens (including phenoxy) is 1. The molecule has 1 aromatic rings. The number of carbonyl (C=O) groups excluding carboxylic acids is 2. The predicted molar refractivity (Wildman–Crippen MR) is 52.3 cm³/mol. The molecule has 0 atom stereocenters. The maximum Gasteiger partial charge on any atom is 0.325 e. The van der Waals surface area contributed by atoms with Crippen molar-refractivity contribution in [2.45, 2.75) is 6.92 Å². The van der Waals surface area contributed by atoms with Crippen molar-refractivity contribution in [1.82, 2.24) is 15.1 Å². The van der Waals surface area contributed by atoms with Gasteiger partial charge in [-0.25, -0.2) is 0 Å². The predicted octanol–water partition coefficient (Wildman–Crippen LogP) is -0.0369. The minimum Gasteiger partial charge on any atom is -0.468 e. The van der Waals surface area contributed by atoms with Gasteiger partial charge in [0.15, 0.2) is 0 Å². The van der Waals surface area contributed by atoms with E-state index in [2.05, 4.69) is 14.9 Å². The summed E-state index contributed by atoms with van der Waals surface area (Å²) in [5.41, 5.74) is 1.09. The van der Waals surface area contributed by atoms with Crippen LogP contribution in [0.1, 0.15) is 16.2 Å². The number of aromatic nitrogens is 2. The maximum absolute atomic E-state index is 11.6. The quantitative estimate of drug-likeness (QED) is 0.712. The molecule has 0 aliphatic rings. The molecule has 0 unspecified atom stereocenters. The van der Waals surface area contributed by atoms with Crippen molar-refractivity contribution in [2.75, 3.05) is 20.7 Å². The number of aryl methyl sites for hydroxylation is 1. The van der Waals surface area contributed by atoms with Gasteiger partial charge >= 0.3 is 5.97 Å². The van der Waals surface area contributed by atoms with E-state index in [0.717, 1.165) is 5.69 Å². The molecule has 1 N–H and O–H groups in total. The van der Waals surface area contributed by atoms with E-state index in [1.165, 1.54) is 19.1 Å². The average Bonchev–Trinajstić information content (AvgIpc) is 2.63. The number of hydrogen-bond donors (Lipinski definition) is 1. The van der Waals surface area contributed by atoms with Gasteiger partial charge in [0.05, 0.1) is 7.11 Å². The Kier molecular flexibility index (Phi) is 3.43. The summed E-state index contributed by atoms with van der Waals surface area (Å²) in [6.45, 7) is 1.71. The Balaban J connectivity index is 2.64. The van der Waals surface area contributed by atoms with E-state index < -0.39 is 5.97 Å². The van der Waals surface area contributed by atoms with Gasteiger partial charge in [0.25, 0.3) is 5.91 Å². The summed E-state index contributed by atoms with van der Waals surface area (Å²) in [7, 11) is 2.79. The molecule has 1 heterocycles. The molecular formula is C9H13N3O3. The minimum atomic E-state index is -0.460. The Morgan fingerprint density at radius 2 is 2.27 bits per heavy atom. The molecule has 1 rings (SSSR count). The van der Waals surface area contributed by atoms with E-state index in [4.69, 9.17) is 0 Å². The van der Waals surface area contributed by atoms with Gasteiger partial charge in [-0.3, -0.25) is 14.7 Å². The second kappa shape index (κ2) is 4.59. The number of amides is 1. The first kappa shape index (κ1) is 11.2. The van der Waals surface area contributed by atoms with Crippen LogP contribution in [0.5, 0.6) is 0 Å². The summed E-state index contributed by atoms with van der Waals surface area (Å²) in [6, 6.07) is 1.62. The molecule has 15 heavy (non-hydrogen) atoms. The molecule has 0 saturated carbocycles. The number of esters is 1. The van der Waals surface area contributed by atoms with Gasteiger partial charge in [0.1, 0.15) is 12.2 Å².